The van der Waals surface area contributed by atoms with E-state index in [0.717, 1.165) is 0 Å². The Morgan fingerprint density at radius 3 is 2.88 bits per heavy atom. The van der Waals surface area contributed by atoms with Crippen molar-refractivity contribution in [1.29, 1.82) is 0 Å². The lowest BCUT2D eigenvalue weighted by Gasteiger charge is -2.21. The predicted octanol–water partition coefficient (Wildman–Crippen LogP) is 2.97. The molecule has 0 bridgehead atoms. The smallest absolute Gasteiger partial charge is 0.262 e. The topological polar surface area (TPSA) is 67.4 Å². The molecule has 0 aliphatic carbocycles. The number of halogens is 1. The van der Waals surface area contributed by atoms with E-state index in [2.05, 4.69) is 10.6 Å². The Labute approximate surface area is 138 Å². The highest BCUT2D eigenvalue weighted by Gasteiger charge is 2.22. The molecule has 2 N–H and O–H groups in total. The highest BCUT2D eigenvalue weighted by atomic mass is 19.1. The zero-order chi connectivity index (χ0) is 17.1. The molecule has 2 amide bonds. The first-order valence-corrected chi connectivity index (χ1v) is 7.64. The monoisotopic (exact) mass is 328 g/mol. The first kappa shape index (κ1) is 16.0. The van der Waals surface area contributed by atoms with Gasteiger partial charge in [-0.25, -0.2) is 4.39 Å². The van der Waals surface area contributed by atoms with Crippen LogP contribution in [0.3, 0.4) is 0 Å². The highest BCUT2D eigenvalue weighted by Crippen LogP contribution is 2.35. The summed E-state index contributed by atoms with van der Waals surface area (Å²) in [5.74, 6) is -0.786. The van der Waals surface area contributed by atoms with Crippen molar-refractivity contribution in [1.82, 2.24) is 0 Å². The molecule has 1 aliphatic heterocycles. The Balaban J connectivity index is 1.72. The summed E-state index contributed by atoms with van der Waals surface area (Å²) < 4.78 is 19.1. The van der Waals surface area contributed by atoms with Crippen LogP contribution in [0.15, 0.2) is 42.5 Å². The Hall–Kier alpha value is -2.89. The number of fused-ring (bicyclic) bond motifs is 1. The second-order valence-electron chi connectivity index (χ2n) is 5.70. The molecule has 2 aromatic carbocycles. The SMILES string of the molecule is CC(Cc1ccccc1F)C(=O)Nc1cccc2c1OCC(=O)N2. The number of carbonyl (C=O) groups is 2. The molecule has 1 aliphatic rings. The lowest BCUT2D eigenvalue weighted by Crippen LogP contribution is -2.27. The summed E-state index contributed by atoms with van der Waals surface area (Å²) in [6, 6.07) is 11.5. The maximum atomic E-state index is 13.7. The molecule has 0 fully saturated rings. The van der Waals surface area contributed by atoms with Gasteiger partial charge in [0.1, 0.15) is 5.82 Å². The molecule has 24 heavy (non-hydrogen) atoms. The molecule has 2 aromatic rings. The number of anilines is 2. The fourth-order valence-corrected chi connectivity index (χ4v) is 2.56. The van der Waals surface area contributed by atoms with Crippen LogP contribution in [0, 0.1) is 11.7 Å². The zero-order valence-electron chi connectivity index (χ0n) is 13.1. The van der Waals surface area contributed by atoms with Gasteiger partial charge >= 0.3 is 0 Å². The fraction of sp³-hybridized carbons (Fsp3) is 0.222. The van der Waals surface area contributed by atoms with Gasteiger partial charge in [-0.15, -0.1) is 0 Å². The van der Waals surface area contributed by atoms with Gasteiger partial charge in [-0.2, -0.15) is 0 Å². The molecule has 0 aromatic heterocycles. The lowest BCUT2D eigenvalue weighted by atomic mass is 10.00. The van der Waals surface area contributed by atoms with Gasteiger partial charge < -0.3 is 15.4 Å². The third-order valence-electron chi connectivity index (χ3n) is 3.83. The van der Waals surface area contributed by atoms with Gasteiger partial charge in [0.25, 0.3) is 5.91 Å². The molecule has 0 saturated carbocycles. The van der Waals surface area contributed by atoms with Crippen LogP contribution in [-0.4, -0.2) is 18.4 Å². The van der Waals surface area contributed by atoms with Gasteiger partial charge in [0.15, 0.2) is 12.4 Å². The predicted molar refractivity (Wildman–Crippen MR) is 88.5 cm³/mol. The lowest BCUT2D eigenvalue weighted by molar-refractivity contribution is -0.119. The van der Waals surface area contributed by atoms with Gasteiger partial charge in [-0.3, -0.25) is 9.59 Å². The number of para-hydroxylation sites is 1. The van der Waals surface area contributed by atoms with E-state index in [1.165, 1.54) is 6.07 Å². The minimum Gasteiger partial charge on any atom is -0.479 e. The van der Waals surface area contributed by atoms with E-state index in [4.69, 9.17) is 4.74 Å². The van der Waals surface area contributed by atoms with Crippen LogP contribution in [0.5, 0.6) is 5.75 Å². The maximum absolute atomic E-state index is 13.7. The van der Waals surface area contributed by atoms with Gasteiger partial charge in [0, 0.05) is 5.92 Å². The number of benzene rings is 2. The molecule has 1 atom stereocenters. The summed E-state index contributed by atoms with van der Waals surface area (Å²) in [7, 11) is 0. The normalized spacial score (nSPS) is 14.2. The summed E-state index contributed by atoms with van der Waals surface area (Å²) in [4.78, 5) is 23.7. The Morgan fingerprint density at radius 2 is 2.08 bits per heavy atom. The molecule has 3 rings (SSSR count). The summed E-state index contributed by atoms with van der Waals surface area (Å²) in [6.45, 7) is 1.64. The van der Waals surface area contributed by atoms with Gasteiger partial charge in [0.2, 0.25) is 5.91 Å². The van der Waals surface area contributed by atoms with E-state index >= 15 is 0 Å². The molecule has 124 valence electrons. The van der Waals surface area contributed by atoms with Crippen molar-refractivity contribution in [3.63, 3.8) is 0 Å². The molecule has 5 nitrogen and oxygen atoms in total. The number of hydrogen-bond donors (Lipinski definition) is 2. The van der Waals surface area contributed by atoms with Crippen LogP contribution in [0.2, 0.25) is 0 Å². The highest BCUT2D eigenvalue weighted by molar-refractivity contribution is 6.00. The van der Waals surface area contributed by atoms with E-state index in [1.807, 2.05) is 0 Å². The summed E-state index contributed by atoms with van der Waals surface area (Å²) >= 11 is 0. The van der Waals surface area contributed by atoms with Crippen molar-refractivity contribution in [2.45, 2.75) is 13.3 Å². The molecule has 0 spiro atoms. The average molecular weight is 328 g/mol. The average Bonchev–Trinajstić information content (AvgIpc) is 2.56. The Kier molecular flexibility index (Phi) is 4.46. The van der Waals surface area contributed by atoms with Crippen molar-refractivity contribution < 1.29 is 18.7 Å². The largest absolute Gasteiger partial charge is 0.479 e. The molecule has 6 heteroatoms. The van der Waals surface area contributed by atoms with E-state index in [0.29, 0.717) is 29.1 Å². The molecule has 0 radical (unpaired) electrons. The molecule has 0 saturated heterocycles. The van der Waals surface area contributed by atoms with Crippen LogP contribution in [0.25, 0.3) is 0 Å². The second kappa shape index (κ2) is 6.70. The Bertz CT molecular complexity index is 792. The van der Waals surface area contributed by atoms with Gasteiger partial charge in [0.05, 0.1) is 11.4 Å². The quantitative estimate of drug-likeness (QED) is 0.907. The zero-order valence-corrected chi connectivity index (χ0v) is 13.1. The summed E-state index contributed by atoms with van der Waals surface area (Å²) in [5.41, 5.74) is 1.50. The number of carbonyl (C=O) groups excluding carboxylic acids is 2. The van der Waals surface area contributed by atoms with E-state index in [1.54, 1.807) is 43.3 Å². The third kappa shape index (κ3) is 3.37. The maximum Gasteiger partial charge on any atom is 0.262 e. The molecule has 1 unspecified atom stereocenters. The van der Waals surface area contributed by atoms with Crippen LogP contribution in [0.1, 0.15) is 12.5 Å². The van der Waals surface area contributed by atoms with E-state index in [-0.39, 0.29) is 24.2 Å². The number of nitrogens with one attached hydrogen (secondary N) is 2. The molecular formula is C18H17FN2O3. The minimum absolute atomic E-state index is 0.0926. The molecular weight excluding hydrogens is 311 g/mol. The number of hydrogen-bond acceptors (Lipinski definition) is 3. The van der Waals surface area contributed by atoms with Crippen molar-refractivity contribution in [2.75, 3.05) is 17.2 Å². The number of amides is 2. The number of ether oxygens (including phenoxy) is 1. The van der Waals surface area contributed by atoms with Gasteiger partial charge in [-0.05, 0) is 30.2 Å². The third-order valence-corrected chi connectivity index (χ3v) is 3.83. The first-order valence-electron chi connectivity index (χ1n) is 7.64. The molecule has 1 heterocycles. The van der Waals surface area contributed by atoms with Crippen molar-refractivity contribution in [3.05, 3.63) is 53.8 Å². The van der Waals surface area contributed by atoms with E-state index in [9.17, 15) is 14.0 Å². The Morgan fingerprint density at radius 1 is 1.29 bits per heavy atom. The van der Waals surface area contributed by atoms with E-state index < -0.39 is 5.92 Å². The van der Waals surface area contributed by atoms with Crippen molar-refractivity contribution in [3.8, 4) is 5.75 Å². The first-order chi connectivity index (χ1) is 11.5. The van der Waals surface area contributed by atoms with Crippen molar-refractivity contribution >= 4 is 23.2 Å². The summed E-state index contributed by atoms with van der Waals surface area (Å²) in [6.07, 6.45) is 0.297. The minimum atomic E-state index is -0.420. The standard InChI is InChI=1S/C18H17FN2O3/c1-11(9-12-5-2-3-6-13(12)19)18(23)21-15-8-4-7-14-17(15)24-10-16(22)20-14/h2-8,11H,9-10H2,1H3,(H,20,22)(H,21,23). The van der Waals surface area contributed by atoms with Crippen LogP contribution in [0.4, 0.5) is 15.8 Å². The fourth-order valence-electron chi connectivity index (χ4n) is 2.56. The second-order valence-corrected chi connectivity index (χ2v) is 5.70. The van der Waals surface area contributed by atoms with Gasteiger partial charge in [-0.1, -0.05) is 31.2 Å². The summed E-state index contributed by atoms with van der Waals surface area (Å²) in [5, 5.41) is 5.47. The van der Waals surface area contributed by atoms with Crippen molar-refractivity contribution in [2.24, 2.45) is 5.92 Å². The van der Waals surface area contributed by atoms with Crippen LogP contribution in [-0.2, 0) is 16.0 Å². The van der Waals surface area contributed by atoms with Crippen LogP contribution < -0.4 is 15.4 Å². The number of rotatable bonds is 4. The van der Waals surface area contributed by atoms with Crippen LogP contribution >= 0.6 is 0 Å².